The number of thioether (sulfide) groups is 1. The molecule has 0 aliphatic carbocycles. The standard InChI is InChI=1S/C11H14OS/c1-3-7-6(2)9-11-8(4-5-13-11)10(7)12-9/h3,8-11H,2,4-5H2,1H3/b7-3-. The van der Waals surface area contributed by atoms with E-state index in [9.17, 15) is 0 Å². The van der Waals surface area contributed by atoms with Gasteiger partial charge in [0.1, 0.15) is 0 Å². The summed E-state index contributed by atoms with van der Waals surface area (Å²) in [6.45, 7) is 6.24. The molecule has 0 spiro atoms. The van der Waals surface area contributed by atoms with E-state index in [2.05, 4.69) is 31.3 Å². The highest BCUT2D eigenvalue weighted by Crippen LogP contribution is 2.54. The Morgan fingerprint density at radius 3 is 3.15 bits per heavy atom. The van der Waals surface area contributed by atoms with Crippen molar-refractivity contribution in [3.05, 3.63) is 23.8 Å². The van der Waals surface area contributed by atoms with Gasteiger partial charge in [0, 0.05) is 11.2 Å². The van der Waals surface area contributed by atoms with Crippen LogP contribution in [0.25, 0.3) is 0 Å². The smallest absolute Gasteiger partial charge is 0.0953 e. The van der Waals surface area contributed by atoms with E-state index < -0.39 is 0 Å². The predicted molar refractivity (Wildman–Crippen MR) is 55.9 cm³/mol. The Balaban J connectivity index is 2.01. The summed E-state index contributed by atoms with van der Waals surface area (Å²) in [4.78, 5) is 0. The molecule has 70 valence electrons. The normalized spacial score (nSPS) is 50.5. The van der Waals surface area contributed by atoms with Crippen LogP contribution in [-0.4, -0.2) is 23.2 Å². The fourth-order valence-electron chi connectivity index (χ4n) is 2.88. The summed E-state index contributed by atoms with van der Waals surface area (Å²) in [7, 11) is 0. The molecule has 0 radical (unpaired) electrons. The summed E-state index contributed by atoms with van der Waals surface area (Å²) >= 11 is 2.08. The first-order valence-electron chi connectivity index (χ1n) is 4.95. The number of ether oxygens (including phenoxy) is 1. The maximum atomic E-state index is 5.97. The predicted octanol–water partition coefficient (Wildman–Crippen LogP) is 2.39. The Kier molecular flexibility index (Phi) is 1.65. The first-order chi connectivity index (χ1) is 6.33. The number of hydrogen-bond donors (Lipinski definition) is 0. The first-order valence-corrected chi connectivity index (χ1v) is 6.00. The molecule has 3 aliphatic heterocycles. The SMILES string of the molecule is C=C1/C(=C/C)C2OC1C1SCCC21. The Labute approximate surface area is 83.2 Å². The van der Waals surface area contributed by atoms with Crippen molar-refractivity contribution < 1.29 is 4.74 Å². The van der Waals surface area contributed by atoms with Gasteiger partial charge in [0.2, 0.25) is 0 Å². The molecule has 3 rings (SSSR count). The van der Waals surface area contributed by atoms with Crippen molar-refractivity contribution in [1.82, 2.24) is 0 Å². The van der Waals surface area contributed by atoms with Crippen LogP contribution < -0.4 is 0 Å². The van der Waals surface area contributed by atoms with E-state index in [-0.39, 0.29) is 0 Å². The molecule has 13 heavy (non-hydrogen) atoms. The van der Waals surface area contributed by atoms with Gasteiger partial charge in [-0.3, -0.25) is 0 Å². The third kappa shape index (κ3) is 0.882. The van der Waals surface area contributed by atoms with Crippen molar-refractivity contribution in [3.63, 3.8) is 0 Å². The Morgan fingerprint density at radius 2 is 2.38 bits per heavy atom. The summed E-state index contributed by atoms with van der Waals surface area (Å²) in [5.41, 5.74) is 2.64. The minimum absolute atomic E-state index is 0.341. The van der Waals surface area contributed by atoms with Crippen LogP contribution in [0.3, 0.4) is 0 Å². The van der Waals surface area contributed by atoms with E-state index in [4.69, 9.17) is 4.74 Å². The number of allylic oxidation sites excluding steroid dienone is 1. The van der Waals surface area contributed by atoms with Crippen LogP contribution in [0.2, 0.25) is 0 Å². The van der Waals surface area contributed by atoms with E-state index in [0.29, 0.717) is 12.2 Å². The molecule has 0 aromatic carbocycles. The molecule has 1 nitrogen and oxygen atoms in total. The van der Waals surface area contributed by atoms with Gasteiger partial charge >= 0.3 is 0 Å². The van der Waals surface area contributed by atoms with Gasteiger partial charge in [-0.2, -0.15) is 11.8 Å². The average Bonchev–Trinajstić information content (AvgIpc) is 2.71. The monoisotopic (exact) mass is 194 g/mol. The van der Waals surface area contributed by atoms with E-state index in [0.717, 1.165) is 11.2 Å². The highest BCUT2D eigenvalue weighted by molar-refractivity contribution is 8.00. The fraction of sp³-hybridized carbons (Fsp3) is 0.636. The molecule has 2 bridgehead atoms. The third-order valence-corrected chi connectivity index (χ3v) is 4.95. The van der Waals surface area contributed by atoms with Crippen LogP contribution in [0, 0.1) is 5.92 Å². The van der Waals surface area contributed by atoms with Crippen molar-refractivity contribution >= 4 is 11.8 Å². The topological polar surface area (TPSA) is 9.23 Å². The minimum Gasteiger partial charge on any atom is -0.364 e. The summed E-state index contributed by atoms with van der Waals surface area (Å²) in [6, 6.07) is 0. The van der Waals surface area contributed by atoms with Gasteiger partial charge in [0.25, 0.3) is 0 Å². The van der Waals surface area contributed by atoms with Crippen LogP contribution in [0.15, 0.2) is 23.8 Å². The largest absolute Gasteiger partial charge is 0.364 e. The maximum absolute atomic E-state index is 5.97. The maximum Gasteiger partial charge on any atom is 0.0953 e. The molecule has 4 unspecified atom stereocenters. The summed E-state index contributed by atoms with van der Waals surface area (Å²) in [5, 5.41) is 0.723. The molecule has 0 aromatic rings. The average molecular weight is 194 g/mol. The van der Waals surface area contributed by atoms with Crippen molar-refractivity contribution in [2.75, 3.05) is 5.75 Å². The van der Waals surface area contributed by atoms with E-state index in [1.54, 1.807) is 0 Å². The molecule has 3 aliphatic rings. The van der Waals surface area contributed by atoms with Gasteiger partial charge < -0.3 is 4.74 Å². The zero-order valence-corrected chi connectivity index (χ0v) is 8.64. The highest BCUT2D eigenvalue weighted by Gasteiger charge is 2.55. The van der Waals surface area contributed by atoms with Crippen LogP contribution in [0.4, 0.5) is 0 Å². The second kappa shape index (κ2) is 2.64. The van der Waals surface area contributed by atoms with E-state index in [1.165, 1.54) is 23.3 Å². The lowest BCUT2D eigenvalue weighted by Gasteiger charge is -2.23. The fourth-order valence-corrected chi connectivity index (χ4v) is 4.49. The summed E-state index contributed by atoms with van der Waals surface area (Å²) < 4.78 is 5.97. The van der Waals surface area contributed by atoms with Gasteiger partial charge in [0.15, 0.2) is 0 Å². The van der Waals surface area contributed by atoms with Crippen molar-refractivity contribution in [2.24, 2.45) is 5.92 Å². The molecule has 3 fully saturated rings. The molecule has 0 amide bonds. The van der Waals surface area contributed by atoms with Crippen LogP contribution in [0.5, 0.6) is 0 Å². The molecule has 0 N–H and O–H groups in total. The second-order valence-electron chi connectivity index (χ2n) is 4.03. The van der Waals surface area contributed by atoms with Crippen molar-refractivity contribution in [3.8, 4) is 0 Å². The second-order valence-corrected chi connectivity index (χ2v) is 5.32. The van der Waals surface area contributed by atoms with Crippen LogP contribution in [-0.2, 0) is 4.74 Å². The molecule has 0 saturated carbocycles. The quantitative estimate of drug-likeness (QED) is 0.585. The van der Waals surface area contributed by atoms with Gasteiger partial charge in [0.05, 0.1) is 12.2 Å². The Bertz CT molecular complexity index is 294. The van der Waals surface area contributed by atoms with Gasteiger partial charge in [-0.15, -0.1) is 0 Å². The first kappa shape index (κ1) is 8.13. The summed E-state index contributed by atoms with van der Waals surface area (Å²) in [5.74, 6) is 2.10. The molecular formula is C11H14OS. The van der Waals surface area contributed by atoms with Gasteiger partial charge in [-0.1, -0.05) is 12.7 Å². The number of fused-ring (bicyclic) bond motifs is 5. The number of hydrogen-bond acceptors (Lipinski definition) is 2. The van der Waals surface area contributed by atoms with Crippen molar-refractivity contribution in [1.29, 1.82) is 0 Å². The van der Waals surface area contributed by atoms with Gasteiger partial charge in [-0.05, 0) is 30.2 Å². The molecular weight excluding hydrogens is 180 g/mol. The lowest BCUT2D eigenvalue weighted by atomic mass is 9.81. The van der Waals surface area contributed by atoms with Crippen molar-refractivity contribution in [2.45, 2.75) is 30.8 Å². The third-order valence-electron chi connectivity index (χ3n) is 3.50. The van der Waals surface area contributed by atoms with E-state index in [1.807, 2.05) is 0 Å². The zero-order valence-electron chi connectivity index (χ0n) is 7.82. The molecule has 4 atom stereocenters. The Morgan fingerprint density at radius 1 is 1.54 bits per heavy atom. The molecule has 0 aromatic heterocycles. The van der Waals surface area contributed by atoms with Crippen LogP contribution in [0.1, 0.15) is 13.3 Å². The number of rotatable bonds is 0. The van der Waals surface area contributed by atoms with Gasteiger partial charge in [-0.25, -0.2) is 0 Å². The summed E-state index contributed by atoms with van der Waals surface area (Å²) in [6.07, 6.45) is 4.25. The van der Waals surface area contributed by atoms with E-state index >= 15 is 0 Å². The lowest BCUT2D eigenvalue weighted by Crippen LogP contribution is -2.28. The Hall–Kier alpha value is -0.210. The minimum atomic E-state index is 0.341. The molecule has 3 saturated heterocycles. The highest BCUT2D eigenvalue weighted by atomic mass is 32.2. The zero-order chi connectivity index (χ0) is 9.00. The molecule has 3 heterocycles. The van der Waals surface area contributed by atoms with Crippen LogP contribution >= 0.6 is 11.8 Å². The lowest BCUT2D eigenvalue weighted by molar-refractivity contribution is 0.110. The molecule has 2 heteroatoms.